The monoisotopic (exact) mass is 490 g/mol. The van der Waals surface area contributed by atoms with E-state index in [9.17, 15) is 14.7 Å². The van der Waals surface area contributed by atoms with Gasteiger partial charge in [0.25, 0.3) is 5.91 Å². The predicted molar refractivity (Wildman–Crippen MR) is 132 cm³/mol. The molecule has 3 aromatic rings. The quantitative estimate of drug-likeness (QED) is 0.533. The van der Waals surface area contributed by atoms with E-state index in [0.717, 1.165) is 11.1 Å². The van der Waals surface area contributed by atoms with E-state index in [4.69, 9.17) is 4.74 Å². The van der Waals surface area contributed by atoms with Gasteiger partial charge in [-0.3, -0.25) is 14.6 Å². The molecule has 0 bridgehead atoms. The number of aromatic nitrogens is 4. The highest BCUT2D eigenvalue weighted by molar-refractivity contribution is 5.98. The van der Waals surface area contributed by atoms with Crippen LogP contribution in [0.4, 0.5) is 0 Å². The maximum atomic E-state index is 13.6. The molecule has 2 amide bonds. The molecule has 0 fully saturated rings. The van der Waals surface area contributed by atoms with Crippen molar-refractivity contribution in [2.75, 3.05) is 26.7 Å². The van der Waals surface area contributed by atoms with E-state index in [2.05, 4.69) is 19.9 Å². The molecule has 4 rings (SSSR count). The van der Waals surface area contributed by atoms with Crippen LogP contribution in [-0.2, 0) is 11.2 Å². The number of fused-ring (bicyclic) bond motifs is 1. The van der Waals surface area contributed by atoms with Gasteiger partial charge in [-0.05, 0) is 24.6 Å². The van der Waals surface area contributed by atoms with Gasteiger partial charge < -0.3 is 19.6 Å². The second kappa shape index (κ2) is 11.2. The van der Waals surface area contributed by atoms with Crippen LogP contribution in [0, 0.1) is 5.92 Å². The second-order valence-corrected chi connectivity index (χ2v) is 9.14. The highest BCUT2D eigenvalue weighted by Crippen LogP contribution is 2.30. The Kier molecular flexibility index (Phi) is 7.84. The minimum absolute atomic E-state index is 0.0647. The number of amides is 2. The first-order valence-corrected chi connectivity index (χ1v) is 11.8. The number of hydrogen-bond acceptors (Lipinski definition) is 8. The van der Waals surface area contributed by atoms with Crippen LogP contribution in [-0.4, -0.2) is 85.5 Å². The summed E-state index contributed by atoms with van der Waals surface area (Å²) in [6.07, 6.45) is 9.49. The molecule has 0 saturated carbocycles. The van der Waals surface area contributed by atoms with Gasteiger partial charge in [0.1, 0.15) is 18.0 Å². The standard InChI is InChI=1S/C26H30N6O4/c1-17-13-32(18(2)15-33)26(35)22-8-20(21-10-28-16-29-11-21)12-30-25(22)36-23(17)14-31(3)24(34)7-19-5-4-6-27-9-19/h4-6,8-12,16-18,23,33H,7,13-15H2,1-3H3/t17-,18-,23+/m1/s1. The Morgan fingerprint density at radius 2 is 2.00 bits per heavy atom. The number of rotatable bonds is 7. The van der Waals surface area contributed by atoms with Gasteiger partial charge in [-0.2, -0.15) is 0 Å². The third-order valence-corrected chi connectivity index (χ3v) is 6.37. The van der Waals surface area contributed by atoms with Crippen LogP contribution in [0.5, 0.6) is 5.88 Å². The number of likely N-dealkylation sites (N-methyl/N-ethyl adjacent to an activating group) is 1. The fraction of sp³-hybridized carbons (Fsp3) is 0.385. The van der Waals surface area contributed by atoms with Crippen LogP contribution in [0.15, 0.2) is 55.5 Å². The average molecular weight is 491 g/mol. The van der Waals surface area contributed by atoms with Gasteiger partial charge in [-0.1, -0.05) is 13.0 Å². The van der Waals surface area contributed by atoms with Crippen molar-refractivity contribution in [3.8, 4) is 17.0 Å². The first-order valence-electron chi connectivity index (χ1n) is 11.8. The molecular formula is C26H30N6O4. The largest absolute Gasteiger partial charge is 0.472 e. The molecule has 0 spiro atoms. The second-order valence-electron chi connectivity index (χ2n) is 9.14. The van der Waals surface area contributed by atoms with Crippen molar-refractivity contribution >= 4 is 11.8 Å². The number of carbonyl (C=O) groups excluding carboxylic acids is 2. The van der Waals surface area contributed by atoms with E-state index in [-0.39, 0.29) is 42.2 Å². The molecule has 3 atom stereocenters. The Hall–Kier alpha value is -3.92. The topological polar surface area (TPSA) is 122 Å². The van der Waals surface area contributed by atoms with Crippen LogP contribution < -0.4 is 4.74 Å². The van der Waals surface area contributed by atoms with E-state index < -0.39 is 12.1 Å². The Morgan fingerprint density at radius 3 is 2.69 bits per heavy atom. The Labute approximate surface area is 210 Å². The Morgan fingerprint density at radius 1 is 1.22 bits per heavy atom. The lowest BCUT2D eigenvalue weighted by atomic mass is 9.99. The van der Waals surface area contributed by atoms with E-state index in [1.54, 1.807) is 66.9 Å². The minimum atomic E-state index is -0.425. The first-order chi connectivity index (χ1) is 17.4. The summed E-state index contributed by atoms with van der Waals surface area (Å²) in [4.78, 5) is 46.3. The lowest BCUT2D eigenvalue weighted by Gasteiger charge is -2.37. The maximum absolute atomic E-state index is 13.6. The van der Waals surface area contributed by atoms with Crippen LogP contribution in [0.1, 0.15) is 29.8 Å². The average Bonchev–Trinajstić information content (AvgIpc) is 2.91. The molecule has 3 aromatic heterocycles. The van der Waals surface area contributed by atoms with Crippen molar-refractivity contribution in [3.05, 3.63) is 66.6 Å². The van der Waals surface area contributed by atoms with Gasteiger partial charge in [0, 0.05) is 61.6 Å². The highest BCUT2D eigenvalue weighted by Gasteiger charge is 2.34. The molecular weight excluding hydrogens is 460 g/mol. The molecule has 36 heavy (non-hydrogen) atoms. The zero-order valence-electron chi connectivity index (χ0n) is 20.6. The maximum Gasteiger partial charge on any atom is 0.259 e. The molecule has 4 heterocycles. The third-order valence-electron chi connectivity index (χ3n) is 6.37. The molecule has 0 radical (unpaired) electrons. The first kappa shape index (κ1) is 25.2. The van der Waals surface area contributed by atoms with Crippen molar-refractivity contribution in [1.82, 2.24) is 29.7 Å². The zero-order valence-corrected chi connectivity index (χ0v) is 20.6. The lowest BCUT2D eigenvalue weighted by molar-refractivity contribution is -0.130. The van der Waals surface area contributed by atoms with E-state index in [0.29, 0.717) is 18.7 Å². The minimum Gasteiger partial charge on any atom is -0.472 e. The molecule has 0 aromatic carbocycles. The molecule has 1 aliphatic rings. The molecule has 10 nitrogen and oxygen atoms in total. The Bertz CT molecular complexity index is 1190. The van der Waals surface area contributed by atoms with Gasteiger partial charge >= 0.3 is 0 Å². The van der Waals surface area contributed by atoms with Crippen LogP contribution in [0.25, 0.3) is 11.1 Å². The van der Waals surface area contributed by atoms with E-state index in [1.807, 2.05) is 13.0 Å². The number of hydrogen-bond donors (Lipinski definition) is 1. The fourth-order valence-corrected chi connectivity index (χ4v) is 4.11. The molecule has 1 aliphatic heterocycles. The van der Waals surface area contributed by atoms with Crippen molar-refractivity contribution < 1.29 is 19.4 Å². The summed E-state index contributed by atoms with van der Waals surface area (Å²) in [5.41, 5.74) is 2.52. The summed E-state index contributed by atoms with van der Waals surface area (Å²) in [5, 5.41) is 9.84. The lowest BCUT2D eigenvalue weighted by Crippen LogP contribution is -2.50. The molecule has 1 N–H and O–H groups in total. The predicted octanol–water partition coefficient (Wildman–Crippen LogP) is 1.85. The number of nitrogens with zero attached hydrogens (tertiary/aromatic N) is 6. The number of aliphatic hydroxyl groups is 1. The summed E-state index contributed by atoms with van der Waals surface area (Å²) in [5.74, 6) is -0.275. The van der Waals surface area contributed by atoms with Gasteiger partial charge in [-0.15, -0.1) is 0 Å². The summed E-state index contributed by atoms with van der Waals surface area (Å²) in [7, 11) is 1.74. The molecule has 0 saturated heterocycles. The number of aliphatic hydroxyl groups excluding tert-OH is 1. The van der Waals surface area contributed by atoms with E-state index >= 15 is 0 Å². The van der Waals surface area contributed by atoms with Crippen molar-refractivity contribution in [3.63, 3.8) is 0 Å². The normalized spacial score (nSPS) is 18.4. The third kappa shape index (κ3) is 5.65. The molecule has 0 unspecified atom stereocenters. The summed E-state index contributed by atoms with van der Waals surface area (Å²) in [6.45, 7) is 4.25. The number of pyridine rings is 2. The van der Waals surface area contributed by atoms with E-state index in [1.165, 1.54) is 6.33 Å². The zero-order chi connectivity index (χ0) is 25.7. The Balaban J connectivity index is 1.62. The van der Waals surface area contributed by atoms with Crippen LogP contribution in [0.2, 0.25) is 0 Å². The number of carbonyl (C=O) groups is 2. The summed E-state index contributed by atoms with van der Waals surface area (Å²) < 4.78 is 6.28. The molecule has 0 aliphatic carbocycles. The smallest absolute Gasteiger partial charge is 0.259 e. The van der Waals surface area contributed by atoms with Gasteiger partial charge in [-0.25, -0.2) is 15.0 Å². The van der Waals surface area contributed by atoms with Gasteiger partial charge in [0.05, 0.1) is 25.6 Å². The summed E-state index contributed by atoms with van der Waals surface area (Å²) >= 11 is 0. The van der Waals surface area contributed by atoms with Crippen LogP contribution in [0.3, 0.4) is 0 Å². The van der Waals surface area contributed by atoms with Crippen molar-refractivity contribution in [2.24, 2.45) is 5.92 Å². The van der Waals surface area contributed by atoms with Crippen LogP contribution >= 0.6 is 0 Å². The molecule has 188 valence electrons. The molecule has 10 heteroatoms. The fourth-order valence-electron chi connectivity index (χ4n) is 4.11. The van der Waals surface area contributed by atoms with Gasteiger partial charge in [0.2, 0.25) is 11.8 Å². The summed E-state index contributed by atoms with van der Waals surface area (Å²) in [6, 6.07) is 4.98. The SMILES string of the molecule is C[C@@H]1CN([C@H](C)CO)C(=O)c2cc(-c3cncnc3)cnc2O[C@H]1CN(C)C(=O)Cc1cccnc1. The van der Waals surface area contributed by atoms with Gasteiger partial charge in [0.15, 0.2) is 0 Å². The highest BCUT2D eigenvalue weighted by atomic mass is 16.5. The number of ether oxygens (including phenoxy) is 1. The van der Waals surface area contributed by atoms with Crippen molar-refractivity contribution in [1.29, 1.82) is 0 Å². The van der Waals surface area contributed by atoms with Crippen molar-refractivity contribution in [2.45, 2.75) is 32.4 Å².